The highest BCUT2D eigenvalue weighted by Crippen LogP contribution is 2.17. The molecule has 17 heavy (non-hydrogen) atoms. The standard InChI is InChI=1S/C11H27N3O2S/c1-6-14(7-2)17(15,16)13-11(5,9-12)8-10(3)4/h10,13H,6-9,12H2,1-5H3. The predicted molar refractivity (Wildman–Crippen MR) is 71.9 cm³/mol. The second kappa shape index (κ2) is 6.68. The van der Waals surface area contributed by atoms with E-state index in [0.717, 1.165) is 6.42 Å². The molecule has 1 atom stereocenters. The van der Waals surface area contributed by atoms with E-state index in [9.17, 15) is 8.42 Å². The van der Waals surface area contributed by atoms with Crippen LogP contribution in [-0.4, -0.2) is 37.9 Å². The Morgan fingerprint density at radius 3 is 2.06 bits per heavy atom. The average Bonchev–Trinajstić information content (AvgIpc) is 2.16. The van der Waals surface area contributed by atoms with Crippen LogP contribution in [-0.2, 0) is 10.2 Å². The van der Waals surface area contributed by atoms with Gasteiger partial charge in [-0.3, -0.25) is 0 Å². The maximum absolute atomic E-state index is 12.1. The van der Waals surface area contributed by atoms with Crippen LogP contribution in [0.15, 0.2) is 0 Å². The normalized spacial score (nSPS) is 16.5. The quantitative estimate of drug-likeness (QED) is 0.685. The first kappa shape index (κ1) is 16.8. The van der Waals surface area contributed by atoms with Gasteiger partial charge in [0.05, 0.1) is 0 Å². The monoisotopic (exact) mass is 265 g/mol. The molecule has 3 N–H and O–H groups in total. The average molecular weight is 265 g/mol. The van der Waals surface area contributed by atoms with Gasteiger partial charge in [0.15, 0.2) is 0 Å². The Kier molecular flexibility index (Phi) is 6.61. The van der Waals surface area contributed by atoms with E-state index in [2.05, 4.69) is 18.6 Å². The van der Waals surface area contributed by atoms with Crippen LogP contribution in [0.4, 0.5) is 0 Å². The van der Waals surface area contributed by atoms with Gasteiger partial charge in [-0.05, 0) is 19.3 Å². The van der Waals surface area contributed by atoms with Gasteiger partial charge in [-0.25, -0.2) is 0 Å². The van der Waals surface area contributed by atoms with Crippen LogP contribution in [0.3, 0.4) is 0 Å². The fraction of sp³-hybridized carbons (Fsp3) is 1.00. The second-order valence-corrected chi connectivity index (χ2v) is 6.72. The Morgan fingerprint density at radius 1 is 1.29 bits per heavy atom. The number of hydrogen-bond donors (Lipinski definition) is 2. The maximum atomic E-state index is 12.1. The molecular weight excluding hydrogens is 238 g/mol. The molecule has 0 spiro atoms. The zero-order valence-electron chi connectivity index (χ0n) is 11.7. The van der Waals surface area contributed by atoms with Gasteiger partial charge in [0.1, 0.15) is 0 Å². The maximum Gasteiger partial charge on any atom is 0.279 e. The molecule has 1 unspecified atom stereocenters. The lowest BCUT2D eigenvalue weighted by Gasteiger charge is -2.33. The minimum atomic E-state index is -3.43. The third kappa shape index (κ3) is 5.33. The summed E-state index contributed by atoms with van der Waals surface area (Å²) in [5.41, 5.74) is 5.13. The van der Waals surface area contributed by atoms with E-state index in [1.165, 1.54) is 4.31 Å². The number of rotatable bonds is 8. The van der Waals surface area contributed by atoms with Crippen molar-refractivity contribution in [2.75, 3.05) is 19.6 Å². The fourth-order valence-electron chi connectivity index (χ4n) is 2.01. The topological polar surface area (TPSA) is 75.4 Å². The first-order valence-corrected chi connectivity index (χ1v) is 7.64. The molecule has 0 radical (unpaired) electrons. The van der Waals surface area contributed by atoms with E-state index < -0.39 is 15.7 Å². The lowest BCUT2D eigenvalue weighted by atomic mass is 9.92. The molecule has 0 heterocycles. The minimum absolute atomic E-state index is 0.297. The summed E-state index contributed by atoms with van der Waals surface area (Å²) in [4.78, 5) is 0. The number of nitrogens with zero attached hydrogens (tertiary/aromatic N) is 1. The Hall–Kier alpha value is -0.170. The van der Waals surface area contributed by atoms with Crippen molar-refractivity contribution in [1.29, 1.82) is 0 Å². The SMILES string of the molecule is CCN(CC)S(=O)(=O)NC(C)(CN)CC(C)C. The van der Waals surface area contributed by atoms with Crippen LogP contribution in [0.1, 0.15) is 41.0 Å². The molecule has 0 saturated heterocycles. The highest BCUT2D eigenvalue weighted by atomic mass is 32.2. The van der Waals surface area contributed by atoms with Crippen molar-refractivity contribution < 1.29 is 8.42 Å². The molecule has 6 heteroatoms. The van der Waals surface area contributed by atoms with Crippen molar-refractivity contribution in [1.82, 2.24) is 9.03 Å². The molecule has 0 aliphatic heterocycles. The molecule has 0 aromatic carbocycles. The summed E-state index contributed by atoms with van der Waals surface area (Å²) in [6, 6.07) is 0. The third-order valence-corrected chi connectivity index (χ3v) is 4.68. The lowest BCUT2D eigenvalue weighted by Crippen LogP contribution is -2.56. The summed E-state index contributed by atoms with van der Waals surface area (Å²) in [5.74, 6) is 0.392. The Morgan fingerprint density at radius 2 is 1.76 bits per heavy atom. The van der Waals surface area contributed by atoms with Crippen molar-refractivity contribution in [2.45, 2.75) is 46.6 Å². The molecule has 0 amide bonds. The predicted octanol–water partition coefficient (Wildman–Crippen LogP) is 0.926. The number of nitrogens with two attached hydrogens (primary N) is 1. The molecule has 104 valence electrons. The van der Waals surface area contributed by atoms with Crippen molar-refractivity contribution in [3.63, 3.8) is 0 Å². The first-order valence-electron chi connectivity index (χ1n) is 6.20. The van der Waals surface area contributed by atoms with E-state index in [-0.39, 0.29) is 0 Å². The van der Waals surface area contributed by atoms with Gasteiger partial charge in [-0.2, -0.15) is 17.4 Å². The van der Waals surface area contributed by atoms with Crippen LogP contribution in [0.25, 0.3) is 0 Å². The van der Waals surface area contributed by atoms with Gasteiger partial charge in [0.2, 0.25) is 0 Å². The summed E-state index contributed by atoms with van der Waals surface area (Å²) in [6.45, 7) is 10.8. The van der Waals surface area contributed by atoms with Gasteiger partial charge in [0, 0.05) is 25.2 Å². The van der Waals surface area contributed by atoms with Crippen molar-refractivity contribution >= 4 is 10.2 Å². The van der Waals surface area contributed by atoms with Crippen LogP contribution in [0, 0.1) is 5.92 Å². The van der Waals surface area contributed by atoms with Gasteiger partial charge in [-0.15, -0.1) is 0 Å². The summed E-state index contributed by atoms with van der Waals surface area (Å²) >= 11 is 0. The third-order valence-electron chi connectivity index (χ3n) is 2.73. The highest BCUT2D eigenvalue weighted by molar-refractivity contribution is 7.87. The highest BCUT2D eigenvalue weighted by Gasteiger charge is 2.31. The molecule has 5 nitrogen and oxygen atoms in total. The Labute approximate surface area is 106 Å². The van der Waals surface area contributed by atoms with Gasteiger partial charge < -0.3 is 5.73 Å². The fourth-order valence-corrected chi connectivity index (χ4v) is 3.61. The molecule has 0 saturated carbocycles. The molecule has 0 aromatic rings. The van der Waals surface area contributed by atoms with E-state index in [1.54, 1.807) is 0 Å². The van der Waals surface area contributed by atoms with Crippen LogP contribution >= 0.6 is 0 Å². The number of hydrogen-bond acceptors (Lipinski definition) is 3. The summed E-state index contributed by atoms with van der Waals surface area (Å²) in [5, 5.41) is 0. The lowest BCUT2D eigenvalue weighted by molar-refractivity contribution is 0.329. The molecule has 0 fully saturated rings. The molecular formula is C11H27N3O2S. The first-order chi connectivity index (χ1) is 7.70. The van der Waals surface area contributed by atoms with Gasteiger partial charge in [-0.1, -0.05) is 27.7 Å². The molecule has 0 rings (SSSR count). The number of nitrogens with one attached hydrogen (secondary N) is 1. The van der Waals surface area contributed by atoms with E-state index in [4.69, 9.17) is 5.73 Å². The molecule has 0 bridgehead atoms. The Bertz CT molecular complexity index is 313. The van der Waals surface area contributed by atoms with Crippen LogP contribution in [0.2, 0.25) is 0 Å². The Balaban J connectivity index is 4.88. The van der Waals surface area contributed by atoms with E-state index in [0.29, 0.717) is 25.6 Å². The second-order valence-electron chi connectivity index (χ2n) is 5.05. The molecule has 0 aliphatic rings. The van der Waals surface area contributed by atoms with Crippen LogP contribution < -0.4 is 10.5 Å². The van der Waals surface area contributed by atoms with Gasteiger partial charge >= 0.3 is 0 Å². The smallest absolute Gasteiger partial charge is 0.279 e. The molecule has 0 aromatic heterocycles. The van der Waals surface area contributed by atoms with Gasteiger partial charge in [0.25, 0.3) is 10.2 Å². The summed E-state index contributed by atoms with van der Waals surface area (Å²) in [7, 11) is -3.43. The summed E-state index contributed by atoms with van der Waals surface area (Å²) in [6.07, 6.45) is 0.726. The van der Waals surface area contributed by atoms with E-state index >= 15 is 0 Å². The van der Waals surface area contributed by atoms with Crippen molar-refractivity contribution in [3.05, 3.63) is 0 Å². The van der Waals surface area contributed by atoms with Crippen molar-refractivity contribution in [3.8, 4) is 0 Å². The zero-order valence-corrected chi connectivity index (χ0v) is 12.5. The molecule has 0 aliphatic carbocycles. The summed E-state index contributed by atoms with van der Waals surface area (Å²) < 4.78 is 28.3. The van der Waals surface area contributed by atoms with Crippen molar-refractivity contribution in [2.24, 2.45) is 11.7 Å². The largest absolute Gasteiger partial charge is 0.329 e. The zero-order chi connectivity index (χ0) is 13.7. The minimum Gasteiger partial charge on any atom is -0.329 e. The van der Waals surface area contributed by atoms with E-state index in [1.807, 2.05) is 20.8 Å². The van der Waals surface area contributed by atoms with Crippen LogP contribution in [0.5, 0.6) is 0 Å².